The van der Waals surface area contributed by atoms with E-state index in [9.17, 15) is 9.59 Å². The van der Waals surface area contributed by atoms with Gasteiger partial charge >= 0.3 is 0 Å². The van der Waals surface area contributed by atoms with Gasteiger partial charge in [-0.3, -0.25) is 9.59 Å². The summed E-state index contributed by atoms with van der Waals surface area (Å²) in [6, 6.07) is 16.1. The number of carbonyl (C=O) groups is 2. The van der Waals surface area contributed by atoms with E-state index in [4.69, 9.17) is 0 Å². The number of rotatable bonds is 4. The van der Waals surface area contributed by atoms with Gasteiger partial charge in [0.2, 0.25) is 11.8 Å². The van der Waals surface area contributed by atoms with Crippen molar-refractivity contribution in [3.8, 4) is 0 Å². The van der Waals surface area contributed by atoms with Crippen LogP contribution in [0.15, 0.2) is 48.5 Å². The van der Waals surface area contributed by atoms with Crippen molar-refractivity contribution < 1.29 is 9.59 Å². The maximum atomic E-state index is 13.1. The van der Waals surface area contributed by atoms with E-state index in [2.05, 4.69) is 31.3 Å². The summed E-state index contributed by atoms with van der Waals surface area (Å²) in [6.07, 6.45) is 2.13. The van der Waals surface area contributed by atoms with E-state index in [1.54, 1.807) is 0 Å². The lowest BCUT2D eigenvalue weighted by Gasteiger charge is -2.31. The lowest BCUT2D eigenvalue weighted by atomic mass is 9.97. The van der Waals surface area contributed by atoms with Crippen LogP contribution in [0.5, 0.6) is 0 Å². The van der Waals surface area contributed by atoms with Crippen LogP contribution < -0.4 is 5.32 Å². The fourth-order valence-corrected chi connectivity index (χ4v) is 3.84. The number of benzene rings is 2. The lowest BCUT2D eigenvalue weighted by Crippen LogP contribution is -2.45. The van der Waals surface area contributed by atoms with Gasteiger partial charge in [0, 0.05) is 18.8 Å². The van der Waals surface area contributed by atoms with Gasteiger partial charge in [0.05, 0.1) is 0 Å². The van der Waals surface area contributed by atoms with E-state index in [1.807, 2.05) is 41.3 Å². The summed E-state index contributed by atoms with van der Waals surface area (Å²) >= 11 is 0. The maximum Gasteiger partial charge on any atom is 0.240 e. The monoisotopic (exact) mass is 362 g/mol. The molecule has 0 atom stereocenters. The lowest BCUT2D eigenvalue weighted by molar-refractivity contribution is -0.143. The summed E-state index contributed by atoms with van der Waals surface area (Å²) in [5, 5.41) is 2.96. The highest BCUT2D eigenvalue weighted by Crippen LogP contribution is 2.48. The van der Waals surface area contributed by atoms with Gasteiger partial charge in [-0.05, 0) is 54.0 Å². The van der Waals surface area contributed by atoms with Gasteiger partial charge in [0.1, 0.15) is 5.41 Å². The van der Waals surface area contributed by atoms with Gasteiger partial charge < -0.3 is 10.2 Å². The molecule has 2 aliphatic rings. The predicted molar refractivity (Wildman–Crippen MR) is 106 cm³/mol. The van der Waals surface area contributed by atoms with Gasteiger partial charge in [-0.2, -0.15) is 0 Å². The molecule has 4 rings (SSSR count). The number of carbonyl (C=O) groups excluding carboxylic acids is 2. The van der Waals surface area contributed by atoms with Crippen LogP contribution in [0.25, 0.3) is 0 Å². The van der Waals surface area contributed by atoms with Crippen LogP contribution in [-0.2, 0) is 22.6 Å². The quantitative estimate of drug-likeness (QED) is 0.832. The summed E-state index contributed by atoms with van der Waals surface area (Å²) in [5.74, 6) is 0.269. The van der Waals surface area contributed by atoms with E-state index in [-0.39, 0.29) is 11.8 Å². The average molecular weight is 362 g/mol. The zero-order chi connectivity index (χ0) is 19.0. The summed E-state index contributed by atoms with van der Waals surface area (Å²) in [6.45, 7) is 5.57. The largest absolute Gasteiger partial charge is 0.337 e. The molecule has 2 aromatic rings. The van der Waals surface area contributed by atoms with E-state index in [0.29, 0.717) is 31.8 Å². The van der Waals surface area contributed by atoms with E-state index in [1.165, 1.54) is 16.7 Å². The first-order valence-electron chi connectivity index (χ1n) is 9.77. The molecule has 0 bridgehead atoms. The molecule has 0 spiro atoms. The fourth-order valence-electron chi connectivity index (χ4n) is 3.84. The van der Waals surface area contributed by atoms with E-state index < -0.39 is 5.41 Å². The zero-order valence-corrected chi connectivity index (χ0v) is 16.0. The standard InChI is InChI=1S/C23H26N2O2/c1-16(2)17-7-9-20(10-8-17)24-21(26)23(12-13-23)22(27)25-14-11-18-5-3-4-6-19(18)15-25/h3-10,16H,11-15H2,1-2H3,(H,24,26). The van der Waals surface area contributed by atoms with Crippen molar-refractivity contribution in [3.63, 3.8) is 0 Å². The molecule has 1 heterocycles. The highest BCUT2D eigenvalue weighted by atomic mass is 16.2. The van der Waals surface area contributed by atoms with Gasteiger partial charge in [-0.15, -0.1) is 0 Å². The second kappa shape index (κ2) is 6.84. The summed E-state index contributed by atoms with van der Waals surface area (Å²) < 4.78 is 0. The highest BCUT2D eigenvalue weighted by molar-refractivity contribution is 6.13. The van der Waals surface area contributed by atoms with Crippen molar-refractivity contribution in [2.24, 2.45) is 5.41 Å². The Hall–Kier alpha value is -2.62. The molecule has 1 aliphatic carbocycles. The molecule has 27 heavy (non-hydrogen) atoms. The maximum absolute atomic E-state index is 13.1. The Balaban J connectivity index is 1.45. The van der Waals surface area contributed by atoms with Gasteiger partial charge in [-0.25, -0.2) is 0 Å². The summed E-state index contributed by atoms with van der Waals surface area (Å²) in [7, 11) is 0. The topological polar surface area (TPSA) is 49.4 Å². The van der Waals surface area contributed by atoms with Crippen molar-refractivity contribution in [1.29, 1.82) is 0 Å². The fraction of sp³-hybridized carbons (Fsp3) is 0.391. The van der Waals surface area contributed by atoms with Gasteiger partial charge in [0.15, 0.2) is 0 Å². The number of fused-ring (bicyclic) bond motifs is 1. The Kier molecular flexibility index (Phi) is 4.50. The molecule has 140 valence electrons. The summed E-state index contributed by atoms with van der Waals surface area (Å²) in [4.78, 5) is 27.9. The first-order chi connectivity index (χ1) is 13.0. The number of hydrogen-bond acceptors (Lipinski definition) is 2. The van der Waals surface area contributed by atoms with Crippen LogP contribution in [0.3, 0.4) is 0 Å². The van der Waals surface area contributed by atoms with Crippen molar-refractivity contribution >= 4 is 17.5 Å². The molecular formula is C23H26N2O2. The van der Waals surface area contributed by atoms with Crippen molar-refractivity contribution in [2.45, 2.75) is 45.6 Å². The van der Waals surface area contributed by atoms with Crippen LogP contribution in [0.2, 0.25) is 0 Å². The third kappa shape index (κ3) is 3.36. The Labute approximate surface area is 160 Å². The molecule has 0 unspecified atom stereocenters. The first-order valence-corrected chi connectivity index (χ1v) is 9.77. The van der Waals surface area contributed by atoms with Gasteiger partial charge in [-0.1, -0.05) is 50.2 Å². The molecule has 0 saturated heterocycles. The number of hydrogen-bond donors (Lipinski definition) is 1. The molecule has 1 N–H and O–H groups in total. The number of amides is 2. The minimum Gasteiger partial charge on any atom is -0.337 e. The van der Waals surface area contributed by atoms with Gasteiger partial charge in [0.25, 0.3) is 0 Å². The van der Waals surface area contributed by atoms with Crippen LogP contribution in [0, 0.1) is 5.41 Å². The Morgan fingerprint density at radius 3 is 2.30 bits per heavy atom. The minimum absolute atomic E-state index is 0.0201. The molecule has 2 aromatic carbocycles. The molecule has 4 nitrogen and oxygen atoms in total. The second-order valence-electron chi connectivity index (χ2n) is 8.06. The van der Waals surface area contributed by atoms with Crippen LogP contribution >= 0.6 is 0 Å². The van der Waals surface area contributed by atoms with E-state index >= 15 is 0 Å². The van der Waals surface area contributed by atoms with Crippen LogP contribution in [0.4, 0.5) is 5.69 Å². The van der Waals surface area contributed by atoms with Crippen LogP contribution in [-0.4, -0.2) is 23.3 Å². The number of anilines is 1. The van der Waals surface area contributed by atoms with Crippen molar-refractivity contribution in [1.82, 2.24) is 4.90 Å². The Morgan fingerprint density at radius 2 is 1.67 bits per heavy atom. The predicted octanol–water partition coefficient (Wildman–Crippen LogP) is 4.11. The Bertz CT molecular complexity index is 866. The van der Waals surface area contributed by atoms with Crippen molar-refractivity contribution in [3.05, 3.63) is 65.2 Å². The van der Waals surface area contributed by atoms with Crippen molar-refractivity contribution in [2.75, 3.05) is 11.9 Å². The number of nitrogens with zero attached hydrogens (tertiary/aromatic N) is 1. The molecule has 0 aromatic heterocycles. The number of nitrogens with one attached hydrogen (secondary N) is 1. The minimum atomic E-state index is -0.872. The molecule has 0 radical (unpaired) electrons. The third-order valence-corrected chi connectivity index (χ3v) is 5.85. The normalized spacial score (nSPS) is 17.4. The first kappa shape index (κ1) is 17.8. The molecule has 1 fully saturated rings. The molecular weight excluding hydrogens is 336 g/mol. The average Bonchev–Trinajstić information content (AvgIpc) is 3.49. The molecule has 1 saturated carbocycles. The molecule has 1 aliphatic heterocycles. The molecule has 2 amide bonds. The zero-order valence-electron chi connectivity index (χ0n) is 16.0. The molecule has 4 heteroatoms. The Morgan fingerprint density at radius 1 is 1.00 bits per heavy atom. The third-order valence-electron chi connectivity index (χ3n) is 5.85. The van der Waals surface area contributed by atoms with Crippen LogP contribution in [0.1, 0.15) is 49.3 Å². The summed E-state index contributed by atoms with van der Waals surface area (Å²) in [5.41, 5.74) is 3.62. The smallest absolute Gasteiger partial charge is 0.240 e. The second-order valence-corrected chi connectivity index (χ2v) is 8.06. The SMILES string of the molecule is CC(C)c1ccc(NC(=O)C2(C(=O)N3CCc4ccccc4C3)CC2)cc1. The van der Waals surface area contributed by atoms with E-state index in [0.717, 1.165) is 12.1 Å². The highest BCUT2D eigenvalue weighted by Gasteiger charge is 2.58.